The number of benzene rings is 1. The number of halogens is 2. The summed E-state index contributed by atoms with van der Waals surface area (Å²) < 4.78 is 13.2. The average Bonchev–Trinajstić information content (AvgIpc) is 2.19. The number of hydrogen-bond donors (Lipinski definition) is 1. The molecule has 0 saturated carbocycles. The van der Waals surface area contributed by atoms with Crippen LogP contribution in [0.5, 0.6) is 0 Å². The molecule has 0 aliphatic heterocycles. The Morgan fingerprint density at radius 3 is 2.93 bits per heavy atom. The smallest absolute Gasteiger partial charge is 0.146 e. The summed E-state index contributed by atoms with van der Waals surface area (Å²) in [4.78, 5) is 0. The lowest BCUT2D eigenvalue weighted by Crippen LogP contribution is -2.04. The fraction of sp³-hybridized carbons (Fsp3) is 0.273. The zero-order chi connectivity index (χ0) is 10.6. The van der Waals surface area contributed by atoms with Gasteiger partial charge in [0.15, 0.2) is 0 Å². The summed E-state index contributed by atoms with van der Waals surface area (Å²) in [7, 11) is 0. The highest BCUT2D eigenvalue weighted by Gasteiger charge is 2.00. The van der Waals surface area contributed by atoms with Gasteiger partial charge in [-0.15, -0.1) is 0 Å². The fourth-order valence-corrected chi connectivity index (χ4v) is 1.12. The fourth-order valence-electron chi connectivity index (χ4n) is 1.05. The second-order valence-electron chi connectivity index (χ2n) is 3.29. The molecule has 1 aromatic rings. The Bertz CT molecular complexity index is 347. The molecule has 0 fully saturated rings. The average molecular weight is 214 g/mol. The van der Waals surface area contributed by atoms with Crippen molar-refractivity contribution in [1.82, 2.24) is 0 Å². The van der Waals surface area contributed by atoms with Crippen LogP contribution in [-0.4, -0.2) is 6.54 Å². The highest BCUT2D eigenvalue weighted by atomic mass is 35.5. The van der Waals surface area contributed by atoms with E-state index in [-0.39, 0.29) is 5.82 Å². The van der Waals surface area contributed by atoms with E-state index in [1.165, 1.54) is 11.6 Å². The SMILES string of the molecule is C/C(=C/Cl)CNc1cc(C)ccc1F. The number of hydrogen-bond acceptors (Lipinski definition) is 1. The molecule has 0 spiro atoms. The molecule has 14 heavy (non-hydrogen) atoms. The van der Waals surface area contributed by atoms with Crippen LogP contribution in [0.15, 0.2) is 29.3 Å². The van der Waals surface area contributed by atoms with E-state index in [9.17, 15) is 4.39 Å². The van der Waals surface area contributed by atoms with Crippen molar-refractivity contribution >= 4 is 17.3 Å². The highest BCUT2D eigenvalue weighted by Crippen LogP contribution is 2.15. The molecule has 0 aliphatic rings. The van der Waals surface area contributed by atoms with Crippen molar-refractivity contribution in [2.24, 2.45) is 0 Å². The molecule has 1 N–H and O–H groups in total. The van der Waals surface area contributed by atoms with Gasteiger partial charge in [-0.3, -0.25) is 0 Å². The third-order valence-corrected chi connectivity index (χ3v) is 2.24. The zero-order valence-corrected chi connectivity index (χ0v) is 9.03. The van der Waals surface area contributed by atoms with Crippen molar-refractivity contribution in [1.29, 1.82) is 0 Å². The molecular weight excluding hydrogens is 201 g/mol. The van der Waals surface area contributed by atoms with Crippen LogP contribution >= 0.6 is 11.6 Å². The van der Waals surface area contributed by atoms with Crippen LogP contribution in [0.25, 0.3) is 0 Å². The lowest BCUT2D eigenvalue weighted by molar-refractivity contribution is 0.630. The minimum Gasteiger partial charge on any atom is -0.379 e. The number of aryl methyl sites for hydroxylation is 1. The molecule has 0 saturated heterocycles. The molecular formula is C11H13ClFN. The van der Waals surface area contributed by atoms with Crippen molar-refractivity contribution in [2.45, 2.75) is 13.8 Å². The molecule has 0 amide bonds. The molecule has 1 nitrogen and oxygen atoms in total. The molecule has 0 bridgehead atoms. The maximum atomic E-state index is 13.2. The van der Waals surface area contributed by atoms with Crippen LogP contribution in [0.4, 0.5) is 10.1 Å². The van der Waals surface area contributed by atoms with Crippen molar-refractivity contribution in [3.8, 4) is 0 Å². The molecule has 76 valence electrons. The Morgan fingerprint density at radius 1 is 1.57 bits per heavy atom. The van der Waals surface area contributed by atoms with Crippen molar-refractivity contribution in [2.75, 3.05) is 11.9 Å². The lowest BCUT2D eigenvalue weighted by atomic mass is 10.2. The first-order valence-corrected chi connectivity index (χ1v) is 4.83. The Kier molecular flexibility index (Phi) is 3.96. The molecule has 0 aromatic heterocycles. The van der Waals surface area contributed by atoms with E-state index in [4.69, 9.17) is 11.6 Å². The van der Waals surface area contributed by atoms with Gasteiger partial charge in [-0.2, -0.15) is 0 Å². The second kappa shape index (κ2) is 5.01. The molecule has 1 rings (SSSR count). The van der Waals surface area contributed by atoms with Gasteiger partial charge in [-0.1, -0.05) is 17.7 Å². The van der Waals surface area contributed by atoms with E-state index < -0.39 is 0 Å². The minimum absolute atomic E-state index is 0.238. The predicted molar refractivity (Wildman–Crippen MR) is 59.2 cm³/mol. The van der Waals surface area contributed by atoms with E-state index in [1.54, 1.807) is 12.1 Å². The normalized spacial score (nSPS) is 11.6. The highest BCUT2D eigenvalue weighted by molar-refractivity contribution is 6.25. The monoisotopic (exact) mass is 213 g/mol. The van der Waals surface area contributed by atoms with Crippen molar-refractivity contribution in [3.63, 3.8) is 0 Å². The molecule has 0 unspecified atom stereocenters. The van der Waals surface area contributed by atoms with Crippen molar-refractivity contribution < 1.29 is 4.39 Å². The largest absolute Gasteiger partial charge is 0.379 e. The quantitative estimate of drug-likeness (QED) is 0.808. The maximum absolute atomic E-state index is 13.2. The first kappa shape index (κ1) is 11.1. The Hall–Kier alpha value is -1.02. The summed E-state index contributed by atoms with van der Waals surface area (Å²) in [5.41, 5.74) is 4.00. The van der Waals surface area contributed by atoms with Crippen LogP contribution in [0.2, 0.25) is 0 Å². The van der Waals surface area contributed by atoms with Gasteiger partial charge in [0.1, 0.15) is 5.82 Å². The van der Waals surface area contributed by atoms with E-state index in [0.29, 0.717) is 12.2 Å². The van der Waals surface area contributed by atoms with E-state index in [2.05, 4.69) is 5.32 Å². The van der Waals surface area contributed by atoms with Gasteiger partial charge in [0, 0.05) is 12.1 Å². The number of nitrogens with one attached hydrogen (secondary N) is 1. The van der Waals surface area contributed by atoms with Gasteiger partial charge < -0.3 is 5.32 Å². The molecule has 0 heterocycles. The maximum Gasteiger partial charge on any atom is 0.146 e. The zero-order valence-electron chi connectivity index (χ0n) is 8.27. The van der Waals surface area contributed by atoms with Gasteiger partial charge in [0.2, 0.25) is 0 Å². The molecule has 0 atom stereocenters. The summed E-state index contributed by atoms with van der Waals surface area (Å²) in [6.45, 7) is 4.37. The van der Waals surface area contributed by atoms with Gasteiger partial charge in [0.05, 0.1) is 5.69 Å². The van der Waals surface area contributed by atoms with Crippen LogP contribution in [-0.2, 0) is 0 Å². The lowest BCUT2D eigenvalue weighted by Gasteiger charge is -2.07. The third-order valence-electron chi connectivity index (χ3n) is 1.87. The van der Waals surface area contributed by atoms with Gasteiger partial charge in [-0.25, -0.2) is 4.39 Å². The third kappa shape index (κ3) is 3.04. The first-order valence-electron chi connectivity index (χ1n) is 4.39. The Morgan fingerprint density at radius 2 is 2.29 bits per heavy atom. The molecule has 0 radical (unpaired) electrons. The van der Waals surface area contributed by atoms with E-state index in [1.807, 2.05) is 13.8 Å². The predicted octanol–water partition coefficient (Wildman–Crippen LogP) is 3.69. The standard InChI is InChI=1S/C11H13ClFN/c1-8-3-4-10(13)11(5-8)14-7-9(2)6-12/h3-6,14H,7H2,1-2H3/b9-6-. The molecule has 1 aromatic carbocycles. The Labute approximate surface area is 88.6 Å². The summed E-state index contributed by atoms with van der Waals surface area (Å²) in [5.74, 6) is -0.238. The van der Waals surface area contributed by atoms with Crippen LogP contribution in [0.3, 0.4) is 0 Å². The van der Waals surface area contributed by atoms with Crippen LogP contribution in [0.1, 0.15) is 12.5 Å². The minimum atomic E-state index is -0.238. The van der Waals surface area contributed by atoms with Crippen LogP contribution < -0.4 is 5.32 Å². The topological polar surface area (TPSA) is 12.0 Å². The number of anilines is 1. The van der Waals surface area contributed by atoms with Gasteiger partial charge in [-0.05, 0) is 37.1 Å². The van der Waals surface area contributed by atoms with Crippen LogP contribution in [0, 0.1) is 12.7 Å². The van der Waals surface area contributed by atoms with Gasteiger partial charge >= 0.3 is 0 Å². The first-order chi connectivity index (χ1) is 6.63. The molecule has 0 aliphatic carbocycles. The van der Waals surface area contributed by atoms with Crippen molar-refractivity contribution in [3.05, 3.63) is 40.7 Å². The Balaban J connectivity index is 2.71. The summed E-state index contributed by atoms with van der Waals surface area (Å²) in [6, 6.07) is 4.97. The van der Waals surface area contributed by atoms with Gasteiger partial charge in [0.25, 0.3) is 0 Å². The summed E-state index contributed by atoms with van der Waals surface area (Å²) >= 11 is 5.49. The summed E-state index contributed by atoms with van der Waals surface area (Å²) in [5, 5.41) is 2.98. The second-order valence-corrected chi connectivity index (χ2v) is 3.51. The molecule has 3 heteroatoms. The van der Waals surface area contributed by atoms with E-state index in [0.717, 1.165) is 11.1 Å². The summed E-state index contributed by atoms with van der Waals surface area (Å²) in [6.07, 6.45) is 0. The number of rotatable bonds is 3. The van der Waals surface area contributed by atoms with E-state index >= 15 is 0 Å².